The molecule has 0 aliphatic carbocycles. The van der Waals surface area contributed by atoms with Gasteiger partial charge in [0.15, 0.2) is 0 Å². The third kappa shape index (κ3) is 3.54. The van der Waals surface area contributed by atoms with E-state index in [0.717, 1.165) is 16.8 Å². The van der Waals surface area contributed by atoms with E-state index in [1.807, 2.05) is 13.0 Å². The van der Waals surface area contributed by atoms with Crippen molar-refractivity contribution in [1.82, 2.24) is 0 Å². The van der Waals surface area contributed by atoms with Crippen LogP contribution in [0, 0.1) is 22.9 Å². The molecule has 0 unspecified atom stereocenters. The molecule has 0 radical (unpaired) electrons. The molecular weight excluding hydrogens is 259 g/mol. The first kappa shape index (κ1) is 14.0. The molecule has 2 aromatic carbocycles. The van der Waals surface area contributed by atoms with Gasteiger partial charge in [-0.3, -0.25) is 10.1 Å². The Hall–Kier alpha value is -2.43. The molecule has 104 valence electrons. The van der Waals surface area contributed by atoms with Crippen LogP contribution in [0.4, 0.5) is 15.8 Å². The van der Waals surface area contributed by atoms with E-state index >= 15 is 0 Å². The highest BCUT2D eigenvalue weighted by Crippen LogP contribution is 2.21. The van der Waals surface area contributed by atoms with Gasteiger partial charge in [0.1, 0.15) is 5.82 Å². The Morgan fingerprint density at radius 1 is 1.25 bits per heavy atom. The second kappa shape index (κ2) is 6.14. The van der Waals surface area contributed by atoms with Crippen LogP contribution in [0.2, 0.25) is 0 Å². The van der Waals surface area contributed by atoms with Crippen molar-refractivity contribution in [3.63, 3.8) is 0 Å². The Morgan fingerprint density at radius 2 is 2.05 bits per heavy atom. The Kier molecular flexibility index (Phi) is 4.30. The van der Waals surface area contributed by atoms with Gasteiger partial charge in [-0.15, -0.1) is 0 Å². The number of nitro benzene ring substituents is 1. The zero-order chi connectivity index (χ0) is 14.5. The monoisotopic (exact) mass is 274 g/mol. The van der Waals surface area contributed by atoms with Gasteiger partial charge in [0.05, 0.1) is 4.92 Å². The van der Waals surface area contributed by atoms with E-state index in [2.05, 4.69) is 5.32 Å². The molecule has 5 heteroatoms. The molecule has 2 aromatic rings. The quantitative estimate of drug-likeness (QED) is 0.668. The van der Waals surface area contributed by atoms with Gasteiger partial charge in [0, 0.05) is 24.4 Å². The highest BCUT2D eigenvalue weighted by Gasteiger charge is 2.07. The molecule has 20 heavy (non-hydrogen) atoms. The lowest BCUT2D eigenvalue weighted by molar-refractivity contribution is -0.384. The number of benzene rings is 2. The Bertz CT molecular complexity index is 629. The van der Waals surface area contributed by atoms with Crippen molar-refractivity contribution in [1.29, 1.82) is 0 Å². The SMILES string of the molecule is Cc1cc([N+](=O)[O-])ccc1NCCc1cccc(F)c1. The minimum absolute atomic E-state index is 0.0816. The molecule has 0 heterocycles. The standard InChI is InChI=1S/C15H15FN2O2/c1-11-9-14(18(19)20)5-6-15(11)17-8-7-12-3-2-4-13(16)10-12/h2-6,9-10,17H,7-8H2,1H3. The van der Waals surface area contributed by atoms with E-state index in [0.29, 0.717) is 13.0 Å². The number of nitrogens with one attached hydrogen (secondary N) is 1. The fourth-order valence-corrected chi connectivity index (χ4v) is 1.99. The second-order valence-electron chi connectivity index (χ2n) is 4.56. The lowest BCUT2D eigenvalue weighted by Gasteiger charge is -2.09. The summed E-state index contributed by atoms with van der Waals surface area (Å²) in [5.41, 5.74) is 2.67. The number of hydrogen-bond acceptors (Lipinski definition) is 3. The van der Waals surface area contributed by atoms with Crippen molar-refractivity contribution in [2.24, 2.45) is 0 Å². The lowest BCUT2D eigenvalue weighted by Crippen LogP contribution is -2.06. The molecule has 4 nitrogen and oxygen atoms in total. The Balaban J connectivity index is 1.96. The van der Waals surface area contributed by atoms with Crippen LogP contribution < -0.4 is 5.32 Å². The highest BCUT2D eigenvalue weighted by atomic mass is 19.1. The molecule has 0 bridgehead atoms. The molecule has 0 atom stereocenters. The lowest BCUT2D eigenvalue weighted by atomic mass is 10.1. The second-order valence-corrected chi connectivity index (χ2v) is 4.56. The Morgan fingerprint density at radius 3 is 2.70 bits per heavy atom. The molecule has 0 aromatic heterocycles. The molecule has 0 spiro atoms. The van der Waals surface area contributed by atoms with Crippen molar-refractivity contribution < 1.29 is 9.31 Å². The van der Waals surface area contributed by atoms with Crippen molar-refractivity contribution in [2.45, 2.75) is 13.3 Å². The summed E-state index contributed by atoms with van der Waals surface area (Å²) in [5, 5.41) is 13.8. The van der Waals surface area contributed by atoms with Crippen LogP contribution in [0.15, 0.2) is 42.5 Å². The summed E-state index contributed by atoms with van der Waals surface area (Å²) >= 11 is 0. The van der Waals surface area contributed by atoms with E-state index in [9.17, 15) is 14.5 Å². The van der Waals surface area contributed by atoms with Crippen molar-refractivity contribution in [2.75, 3.05) is 11.9 Å². The Labute approximate surface area is 116 Å². The number of nitrogens with zero attached hydrogens (tertiary/aromatic N) is 1. The first-order chi connectivity index (χ1) is 9.56. The van der Waals surface area contributed by atoms with Gasteiger partial charge in [0.25, 0.3) is 5.69 Å². The summed E-state index contributed by atoms with van der Waals surface area (Å²) in [7, 11) is 0. The zero-order valence-corrected chi connectivity index (χ0v) is 11.1. The van der Waals surface area contributed by atoms with Crippen LogP contribution in [0.3, 0.4) is 0 Å². The number of anilines is 1. The molecule has 0 fully saturated rings. The summed E-state index contributed by atoms with van der Waals surface area (Å²) < 4.78 is 13.0. The fourth-order valence-electron chi connectivity index (χ4n) is 1.99. The molecular formula is C15H15FN2O2. The largest absolute Gasteiger partial charge is 0.384 e. The van der Waals surface area contributed by atoms with Gasteiger partial charge in [-0.2, -0.15) is 0 Å². The molecule has 0 aliphatic rings. The first-order valence-corrected chi connectivity index (χ1v) is 6.29. The predicted octanol–water partition coefficient (Wildman–Crippen LogP) is 3.70. The third-order valence-corrected chi connectivity index (χ3v) is 3.04. The minimum atomic E-state index is -0.413. The third-order valence-electron chi connectivity index (χ3n) is 3.04. The number of rotatable bonds is 5. The van der Waals surface area contributed by atoms with E-state index in [4.69, 9.17) is 0 Å². The minimum Gasteiger partial charge on any atom is -0.384 e. The van der Waals surface area contributed by atoms with Gasteiger partial charge in [-0.25, -0.2) is 4.39 Å². The van der Waals surface area contributed by atoms with Gasteiger partial charge >= 0.3 is 0 Å². The van der Waals surface area contributed by atoms with Gasteiger partial charge in [0.2, 0.25) is 0 Å². The predicted molar refractivity (Wildman–Crippen MR) is 76.4 cm³/mol. The van der Waals surface area contributed by atoms with E-state index in [-0.39, 0.29) is 11.5 Å². The van der Waals surface area contributed by atoms with Crippen LogP contribution in [0.5, 0.6) is 0 Å². The maximum Gasteiger partial charge on any atom is 0.269 e. The number of non-ortho nitro benzene ring substituents is 1. The molecule has 0 aliphatic heterocycles. The fraction of sp³-hybridized carbons (Fsp3) is 0.200. The van der Waals surface area contributed by atoms with Crippen LogP contribution in [0.1, 0.15) is 11.1 Å². The van der Waals surface area contributed by atoms with E-state index < -0.39 is 4.92 Å². The number of aryl methyl sites for hydroxylation is 1. The highest BCUT2D eigenvalue weighted by molar-refractivity contribution is 5.55. The van der Waals surface area contributed by atoms with E-state index in [1.54, 1.807) is 12.1 Å². The number of halogens is 1. The number of nitro groups is 1. The average molecular weight is 274 g/mol. The van der Waals surface area contributed by atoms with Crippen LogP contribution in [0.25, 0.3) is 0 Å². The summed E-state index contributed by atoms with van der Waals surface area (Å²) in [5.74, 6) is -0.242. The molecule has 2 rings (SSSR count). The molecule has 0 saturated carbocycles. The maximum absolute atomic E-state index is 13.0. The number of hydrogen-bond donors (Lipinski definition) is 1. The van der Waals surface area contributed by atoms with Crippen LogP contribution in [-0.2, 0) is 6.42 Å². The van der Waals surface area contributed by atoms with Crippen LogP contribution >= 0.6 is 0 Å². The first-order valence-electron chi connectivity index (χ1n) is 6.29. The van der Waals surface area contributed by atoms with Crippen molar-refractivity contribution >= 4 is 11.4 Å². The van der Waals surface area contributed by atoms with Gasteiger partial charge < -0.3 is 5.32 Å². The van der Waals surface area contributed by atoms with Crippen LogP contribution in [-0.4, -0.2) is 11.5 Å². The van der Waals surface area contributed by atoms with Gasteiger partial charge in [-0.1, -0.05) is 12.1 Å². The summed E-state index contributed by atoms with van der Waals surface area (Å²) in [6.45, 7) is 2.46. The maximum atomic E-state index is 13.0. The summed E-state index contributed by atoms with van der Waals surface area (Å²) in [6.07, 6.45) is 0.689. The zero-order valence-electron chi connectivity index (χ0n) is 11.1. The summed E-state index contributed by atoms with van der Waals surface area (Å²) in [4.78, 5) is 10.2. The van der Waals surface area contributed by atoms with Crippen molar-refractivity contribution in [3.05, 3.63) is 69.5 Å². The molecule has 1 N–H and O–H groups in total. The molecule has 0 amide bonds. The average Bonchev–Trinajstić information content (AvgIpc) is 2.40. The van der Waals surface area contributed by atoms with Gasteiger partial charge in [-0.05, 0) is 42.7 Å². The van der Waals surface area contributed by atoms with Crippen molar-refractivity contribution in [3.8, 4) is 0 Å². The smallest absolute Gasteiger partial charge is 0.269 e. The topological polar surface area (TPSA) is 55.2 Å². The van der Waals surface area contributed by atoms with E-state index in [1.165, 1.54) is 24.3 Å². The normalized spacial score (nSPS) is 10.3. The molecule has 0 saturated heterocycles. The summed E-state index contributed by atoms with van der Waals surface area (Å²) in [6, 6.07) is 11.2.